The van der Waals surface area contributed by atoms with Gasteiger partial charge in [-0.1, -0.05) is 6.42 Å². The van der Waals surface area contributed by atoms with E-state index in [1.54, 1.807) is 0 Å². The predicted molar refractivity (Wildman–Crippen MR) is 106 cm³/mol. The van der Waals surface area contributed by atoms with Crippen LogP contribution in [-0.4, -0.2) is 52.6 Å². The molecule has 0 unspecified atom stereocenters. The Kier molecular flexibility index (Phi) is 4.82. The van der Waals surface area contributed by atoms with Crippen molar-refractivity contribution in [3.8, 4) is 5.75 Å². The van der Waals surface area contributed by atoms with Crippen LogP contribution in [0, 0.1) is 0 Å². The molecule has 2 saturated heterocycles. The summed E-state index contributed by atoms with van der Waals surface area (Å²) >= 11 is 0. The highest BCUT2D eigenvalue weighted by atomic mass is 16.5. The van der Waals surface area contributed by atoms with Crippen molar-refractivity contribution in [3.63, 3.8) is 0 Å². The van der Waals surface area contributed by atoms with Crippen molar-refractivity contribution >= 4 is 11.1 Å². The number of nitrogens with zero attached hydrogens (tertiary/aromatic N) is 3. The van der Waals surface area contributed by atoms with Crippen LogP contribution in [0.5, 0.6) is 5.75 Å². The quantitative estimate of drug-likeness (QED) is 0.790. The van der Waals surface area contributed by atoms with E-state index in [2.05, 4.69) is 21.7 Å². The van der Waals surface area contributed by atoms with Crippen LogP contribution in [0.4, 0.5) is 0 Å². The highest BCUT2D eigenvalue weighted by Gasteiger charge is 2.29. The van der Waals surface area contributed by atoms with Gasteiger partial charge in [-0.05, 0) is 64.1 Å². The minimum Gasteiger partial charge on any atom is -0.490 e. The van der Waals surface area contributed by atoms with Gasteiger partial charge in [-0.25, -0.2) is 4.98 Å². The second kappa shape index (κ2) is 7.44. The van der Waals surface area contributed by atoms with Crippen LogP contribution in [0.1, 0.15) is 57.8 Å². The van der Waals surface area contributed by atoms with Crippen molar-refractivity contribution in [2.75, 3.05) is 19.6 Å². The Balaban J connectivity index is 1.21. The Morgan fingerprint density at radius 2 is 1.93 bits per heavy atom. The molecule has 0 amide bonds. The van der Waals surface area contributed by atoms with E-state index in [0.717, 1.165) is 54.7 Å². The molecule has 1 atom stereocenters. The maximum Gasteiger partial charge on any atom is 0.209 e. The number of fused-ring (bicyclic) bond motifs is 1. The van der Waals surface area contributed by atoms with Gasteiger partial charge in [-0.15, -0.1) is 0 Å². The fourth-order valence-corrected chi connectivity index (χ4v) is 4.80. The first-order valence-electron chi connectivity index (χ1n) is 10.8. The summed E-state index contributed by atoms with van der Waals surface area (Å²) in [6.45, 7) is 6.60. The molecular formula is C22H31N3O2. The SMILES string of the molecule is C[C@@H]1CCCN1Cc1nc2ccc(OC3CCN(C4CCC4)CC3)cc2o1. The van der Waals surface area contributed by atoms with Gasteiger partial charge >= 0.3 is 0 Å². The Bertz CT molecular complexity index is 777. The minimum absolute atomic E-state index is 0.326. The first-order chi connectivity index (χ1) is 13.2. The number of ether oxygens (including phenoxy) is 1. The third-order valence-electron chi connectivity index (χ3n) is 6.80. The largest absolute Gasteiger partial charge is 0.490 e. The van der Waals surface area contributed by atoms with Crippen molar-refractivity contribution in [1.82, 2.24) is 14.8 Å². The molecule has 27 heavy (non-hydrogen) atoms. The molecule has 1 aromatic heterocycles. The molecule has 1 saturated carbocycles. The van der Waals surface area contributed by atoms with Gasteiger partial charge in [0.05, 0.1) is 6.54 Å². The lowest BCUT2D eigenvalue weighted by Gasteiger charge is -2.41. The zero-order chi connectivity index (χ0) is 18.2. The standard InChI is InChI=1S/C22H31N3O2/c1-16-4-3-11-25(16)15-22-23-20-8-7-19(14-21(20)27-22)26-18-9-12-24(13-10-18)17-5-2-6-17/h7-8,14,16-18H,2-6,9-13,15H2,1H3/t16-/m1/s1. The molecule has 2 aliphatic heterocycles. The highest BCUT2D eigenvalue weighted by molar-refractivity contribution is 5.74. The monoisotopic (exact) mass is 369 g/mol. The Labute approximate surface area is 161 Å². The molecule has 0 bridgehead atoms. The zero-order valence-corrected chi connectivity index (χ0v) is 16.4. The van der Waals surface area contributed by atoms with Crippen LogP contribution in [0.25, 0.3) is 11.1 Å². The molecule has 3 heterocycles. The second-order valence-electron chi connectivity index (χ2n) is 8.64. The third-order valence-corrected chi connectivity index (χ3v) is 6.80. The number of aromatic nitrogens is 1. The van der Waals surface area contributed by atoms with E-state index in [1.165, 1.54) is 45.2 Å². The molecule has 1 aliphatic carbocycles. The molecule has 0 spiro atoms. The summed E-state index contributed by atoms with van der Waals surface area (Å²) in [5.41, 5.74) is 1.78. The lowest BCUT2D eigenvalue weighted by atomic mass is 9.90. The van der Waals surface area contributed by atoms with Crippen LogP contribution in [0.2, 0.25) is 0 Å². The molecule has 5 rings (SSSR count). The van der Waals surface area contributed by atoms with E-state index in [4.69, 9.17) is 9.15 Å². The van der Waals surface area contributed by atoms with E-state index in [9.17, 15) is 0 Å². The smallest absolute Gasteiger partial charge is 0.209 e. The van der Waals surface area contributed by atoms with Gasteiger partial charge in [0.2, 0.25) is 5.89 Å². The lowest BCUT2D eigenvalue weighted by Crippen LogP contribution is -2.46. The summed E-state index contributed by atoms with van der Waals surface area (Å²) in [4.78, 5) is 9.79. The summed E-state index contributed by atoms with van der Waals surface area (Å²) < 4.78 is 12.3. The Morgan fingerprint density at radius 3 is 2.63 bits per heavy atom. The second-order valence-corrected chi connectivity index (χ2v) is 8.64. The molecule has 5 heteroatoms. The van der Waals surface area contributed by atoms with Gasteiger partial charge in [0.1, 0.15) is 17.4 Å². The first kappa shape index (κ1) is 17.5. The molecule has 0 radical (unpaired) electrons. The molecule has 1 aromatic carbocycles. The number of hydrogen-bond donors (Lipinski definition) is 0. The third kappa shape index (κ3) is 3.72. The molecular weight excluding hydrogens is 338 g/mol. The Morgan fingerprint density at radius 1 is 1.07 bits per heavy atom. The minimum atomic E-state index is 0.326. The molecule has 3 fully saturated rings. The zero-order valence-electron chi connectivity index (χ0n) is 16.4. The first-order valence-corrected chi connectivity index (χ1v) is 10.8. The molecule has 146 valence electrons. The molecule has 2 aromatic rings. The molecule has 3 aliphatic rings. The summed E-state index contributed by atoms with van der Waals surface area (Å²) in [6, 6.07) is 7.59. The van der Waals surface area contributed by atoms with Crippen molar-refractivity contribution in [1.29, 1.82) is 0 Å². The maximum absolute atomic E-state index is 6.28. The number of rotatable bonds is 5. The molecule has 5 nitrogen and oxygen atoms in total. The average Bonchev–Trinajstić information content (AvgIpc) is 3.21. The lowest BCUT2D eigenvalue weighted by molar-refractivity contribution is 0.0494. The number of hydrogen-bond acceptors (Lipinski definition) is 5. The fraction of sp³-hybridized carbons (Fsp3) is 0.682. The van der Waals surface area contributed by atoms with Crippen molar-refractivity contribution < 1.29 is 9.15 Å². The van der Waals surface area contributed by atoms with Gasteiger partial charge < -0.3 is 14.1 Å². The average molecular weight is 370 g/mol. The predicted octanol–water partition coefficient (Wildman–Crippen LogP) is 4.21. The van der Waals surface area contributed by atoms with Crippen LogP contribution >= 0.6 is 0 Å². The topological polar surface area (TPSA) is 41.7 Å². The normalized spacial score (nSPS) is 25.9. The maximum atomic E-state index is 6.28. The van der Waals surface area contributed by atoms with E-state index in [-0.39, 0.29) is 0 Å². The summed E-state index contributed by atoms with van der Waals surface area (Å²) in [7, 11) is 0. The van der Waals surface area contributed by atoms with E-state index in [1.807, 2.05) is 18.2 Å². The van der Waals surface area contributed by atoms with Crippen molar-refractivity contribution in [2.24, 2.45) is 0 Å². The van der Waals surface area contributed by atoms with Crippen LogP contribution < -0.4 is 4.74 Å². The van der Waals surface area contributed by atoms with Gasteiger partial charge in [0, 0.05) is 31.2 Å². The van der Waals surface area contributed by atoms with Crippen LogP contribution in [-0.2, 0) is 6.54 Å². The van der Waals surface area contributed by atoms with Gasteiger partial charge in [-0.3, -0.25) is 4.90 Å². The number of benzene rings is 1. The number of oxazole rings is 1. The van der Waals surface area contributed by atoms with Crippen molar-refractivity contribution in [2.45, 2.75) is 76.6 Å². The van der Waals surface area contributed by atoms with Gasteiger partial charge in [0.25, 0.3) is 0 Å². The number of piperidine rings is 1. The van der Waals surface area contributed by atoms with E-state index < -0.39 is 0 Å². The molecule has 0 N–H and O–H groups in total. The summed E-state index contributed by atoms with van der Waals surface area (Å²) in [5, 5.41) is 0. The Hall–Kier alpha value is -1.59. The number of likely N-dealkylation sites (tertiary alicyclic amines) is 2. The fourth-order valence-electron chi connectivity index (χ4n) is 4.80. The van der Waals surface area contributed by atoms with Crippen molar-refractivity contribution in [3.05, 3.63) is 24.1 Å². The van der Waals surface area contributed by atoms with E-state index >= 15 is 0 Å². The summed E-state index contributed by atoms with van der Waals surface area (Å²) in [6.07, 6.45) is 9.34. The van der Waals surface area contributed by atoms with Crippen LogP contribution in [0.15, 0.2) is 22.6 Å². The van der Waals surface area contributed by atoms with Gasteiger partial charge in [0.15, 0.2) is 5.58 Å². The highest BCUT2D eigenvalue weighted by Crippen LogP contribution is 2.30. The van der Waals surface area contributed by atoms with E-state index in [0.29, 0.717) is 12.1 Å². The van der Waals surface area contributed by atoms with Crippen LogP contribution in [0.3, 0.4) is 0 Å². The summed E-state index contributed by atoms with van der Waals surface area (Å²) in [5.74, 6) is 1.74. The van der Waals surface area contributed by atoms with Gasteiger partial charge in [-0.2, -0.15) is 0 Å².